The first-order chi connectivity index (χ1) is 10.3. The highest BCUT2D eigenvalue weighted by atomic mass is 79.9. The molecule has 7 nitrogen and oxygen atoms in total. The summed E-state index contributed by atoms with van der Waals surface area (Å²) in [7, 11) is 0. The molecule has 0 amide bonds. The maximum Gasteiger partial charge on any atom is 0.230 e. The molecule has 0 radical (unpaired) electrons. The average Bonchev–Trinajstić information content (AvgIpc) is 3.14. The first-order valence-electron chi connectivity index (χ1n) is 7.10. The Morgan fingerprint density at radius 1 is 1.33 bits per heavy atom. The van der Waals surface area contributed by atoms with E-state index in [4.69, 9.17) is 9.15 Å². The molecule has 0 spiro atoms. The highest BCUT2D eigenvalue weighted by Gasteiger charge is 2.30. The van der Waals surface area contributed by atoms with Crippen molar-refractivity contribution in [1.29, 1.82) is 0 Å². The van der Waals surface area contributed by atoms with Gasteiger partial charge in [0.25, 0.3) is 0 Å². The van der Waals surface area contributed by atoms with E-state index in [9.17, 15) is 0 Å². The molecule has 2 aromatic heterocycles. The zero-order chi connectivity index (χ0) is 14.2. The molecule has 112 valence electrons. The first-order valence-corrected chi connectivity index (χ1v) is 7.89. The van der Waals surface area contributed by atoms with E-state index < -0.39 is 0 Å². The van der Waals surface area contributed by atoms with Crippen LogP contribution in [0.1, 0.15) is 30.2 Å². The van der Waals surface area contributed by atoms with Crippen molar-refractivity contribution >= 4 is 15.9 Å². The summed E-state index contributed by atoms with van der Waals surface area (Å²) in [6.45, 7) is 4.10. The van der Waals surface area contributed by atoms with Gasteiger partial charge in [0.2, 0.25) is 11.8 Å². The second-order valence-electron chi connectivity index (χ2n) is 5.58. The fourth-order valence-corrected chi connectivity index (χ4v) is 3.07. The second kappa shape index (κ2) is 5.51. The van der Waals surface area contributed by atoms with Gasteiger partial charge in [-0.2, -0.15) is 5.10 Å². The van der Waals surface area contributed by atoms with Crippen LogP contribution in [0.3, 0.4) is 0 Å². The first kappa shape index (κ1) is 13.4. The Balaban J connectivity index is 1.31. The number of hydrogen-bond acceptors (Lipinski definition) is 6. The van der Waals surface area contributed by atoms with Crippen LogP contribution in [-0.4, -0.2) is 51.2 Å². The maximum absolute atomic E-state index is 5.75. The molecule has 2 aliphatic rings. The number of halogens is 1. The van der Waals surface area contributed by atoms with Crippen LogP contribution >= 0.6 is 15.9 Å². The van der Waals surface area contributed by atoms with Crippen LogP contribution in [0.15, 0.2) is 21.3 Å². The molecule has 0 bridgehead atoms. The second-order valence-corrected chi connectivity index (χ2v) is 6.50. The lowest BCUT2D eigenvalue weighted by Gasteiger charge is -2.38. The topological polar surface area (TPSA) is 69.2 Å². The summed E-state index contributed by atoms with van der Waals surface area (Å²) in [5.74, 6) is 1.68. The number of hydrogen-bond donors (Lipinski definition) is 0. The molecule has 8 heteroatoms. The standard InChI is InChI=1S/C13H16BrN5O2/c14-10-3-15-19(4-10)11-5-18(6-11)7-12-16-17-13(21-12)9-1-2-20-8-9/h3-4,9,11H,1-2,5-8H2. The number of nitrogens with zero attached hydrogens (tertiary/aromatic N) is 5. The lowest BCUT2D eigenvalue weighted by atomic mass is 10.1. The lowest BCUT2D eigenvalue weighted by molar-refractivity contribution is 0.0808. The molecule has 2 saturated heterocycles. The highest BCUT2D eigenvalue weighted by Crippen LogP contribution is 2.26. The highest BCUT2D eigenvalue weighted by molar-refractivity contribution is 9.10. The Morgan fingerprint density at radius 3 is 2.95 bits per heavy atom. The third kappa shape index (κ3) is 2.75. The van der Waals surface area contributed by atoms with Gasteiger partial charge in [-0.15, -0.1) is 10.2 Å². The van der Waals surface area contributed by atoms with E-state index in [2.05, 4.69) is 36.1 Å². The Kier molecular flexibility index (Phi) is 3.52. The molecule has 4 heterocycles. The maximum atomic E-state index is 5.75. The fourth-order valence-electron chi connectivity index (χ4n) is 2.77. The Labute approximate surface area is 130 Å². The van der Waals surface area contributed by atoms with Crippen molar-refractivity contribution in [2.24, 2.45) is 0 Å². The predicted molar refractivity (Wildman–Crippen MR) is 76.7 cm³/mol. The van der Waals surface area contributed by atoms with Crippen molar-refractivity contribution in [2.45, 2.75) is 24.9 Å². The Bertz CT molecular complexity index is 616. The third-order valence-corrected chi connectivity index (χ3v) is 4.41. The van der Waals surface area contributed by atoms with Gasteiger partial charge < -0.3 is 9.15 Å². The number of rotatable bonds is 4. The molecule has 1 atom stereocenters. The van der Waals surface area contributed by atoms with Crippen molar-refractivity contribution in [3.05, 3.63) is 28.6 Å². The van der Waals surface area contributed by atoms with Gasteiger partial charge >= 0.3 is 0 Å². The average molecular weight is 354 g/mol. The largest absolute Gasteiger partial charge is 0.423 e. The van der Waals surface area contributed by atoms with E-state index in [0.717, 1.165) is 36.5 Å². The van der Waals surface area contributed by atoms with E-state index in [1.807, 2.05) is 17.1 Å². The molecule has 2 fully saturated rings. The Morgan fingerprint density at radius 2 is 2.24 bits per heavy atom. The Hall–Kier alpha value is -1.25. The van der Waals surface area contributed by atoms with E-state index >= 15 is 0 Å². The van der Waals surface area contributed by atoms with E-state index in [1.165, 1.54) is 0 Å². The normalized spacial score (nSPS) is 23.6. The van der Waals surface area contributed by atoms with Crippen LogP contribution in [0.25, 0.3) is 0 Å². The van der Waals surface area contributed by atoms with Crippen LogP contribution in [0.4, 0.5) is 0 Å². The monoisotopic (exact) mass is 353 g/mol. The molecular formula is C13H16BrN5O2. The van der Waals surface area contributed by atoms with Crippen LogP contribution < -0.4 is 0 Å². The van der Waals surface area contributed by atoms with E-state index in [1.54, 1.807) is 0 Å². The minimum atomic E-state index is 0.275. The summed E-state index contributed by atoms with van der Waals surface area (Å²) in [6, 6.07) is 0.432. The predicted octanol–water partition coefficient (Wildman–Crippen LogP) is 1.59. The summed E-state index contributed by atoms with van der Waals surface area (Å²) in [4.78, 5) is 2.28. The van der Waals surface area contributed by atoms with Gasteiger partial charge in [0, 0.05) is 25.9 Å². The van der Waals surface area contributed by atoms with Gasteiger partial charge in [0.15, 0.2) is 0 Å². The van der Waals surface area contributed by atoms with Gasteiger partial charge in [0.1, 0.15) is 0 Å². The molecule has 1 unspecified atom stereocenters. The van der Waals surface area contributed by atoms with Crippen LogP contribution in [0.2, 0.25) is 0 Å². The van der Waals surface area contributed by atoms with Gasteiger partial charge in [-0.25, -0.2) is 0 Å². The van der Waals surface area contributed by atoms with E-state index in [0.29, 0.717) is 25.1 Å². The molecule has 0 aliphatic carbocycles. The number of ether oxygens (including phenoxy) is 1. The summed E-state index contributed by atoms with van der Waals surface area (Å²) < 4.78 is 14.1. The van der Waals surface area contributed by atoms with Crippen molar-refractivity contribution < 1.29 is 9.15 Å². The van der Waals surface area contributed by atoms with Crippen LogP contribution in [0.5, 0.6) is 0 Å². The van der Waals surface area contributed by atoms with Crippen molar-refractivity contribution in [2.75, 3.05) is 26.3 Å². The van der Waals surface area contributed by atoms with Gasteiger partial charge in [0.05, 0.1) is 35.8 Å². The van der Waals surface area contributed by atoms with Crippen LogP contribution in [0, 0.1) is 0 Å². The quantitative estimate of drug-likeness (QED) is 0.831. The van der Waals surface area contributed by atoms with Gasteiger partial charge in [-0.05, 0) is 22.4 Å². The number of likely N-dealkylation sites (tertiary alicyclic amines) is 1. The smallest absolute Gasteiger partial charge is 0.230 e. The van der Waals surface area contributed by atoms with Crippen molar-refractivity contribution in [3.63, 3.8) is 0 Å². The summed E-state index contributed by atoms with van der Waals surface area (Å²) in [5.41, 5.74) is 0. The zero-order valence-corrected chi connectivity index (χ0v) is 13.1. The minimum absolute atomic E-state index is 0.275. The molecule has 2 aromatic rings. The number of aromatic nitrogens is 4. The third-order valence-electron chi connectivity index (χ3n) is 4.00. The van der Waals surface area contributed by atoms with Gasteiger partial charge in [-0.1, -0.05) is 0 Å². The van der Waals surface area contributed by atoms with Crippen LogP contribution in [-0.2, 0) is 11.3 Å². The fraction of sp³-hybridized carbons (Fsp3) is 0.615. The van der Waals surface area contributed by atoms with Crippen molar-refractivity contribution in [3.8, 4) is 0 Å². The van der Waals surface area contributed by atoms with E-state index in [-0.39, 0.29) is 5.92 Å². The summed E-state index contributed by atoms with van der Waals surface area (Å²) in [5, 5.41) is 12.6. The summed E-state index contributed by atoms with van der Waals surface area (Å²) in [6.07, 6.45) is 4.80. The molecule has 21 heavy (non-hydrogen) atoms. The lowest BCUT2D eigenvalue weighted by Crippen LogP contribution is -2.47. The summed E-state index contributed by atoms with van der Waals surface area (Å²) >= 11 is 3.42. The molecule has 2 aliphatic heterocycles. The molecule has 0 N–H and O–H groups in total. The SMILES string of the molecule is Brc1cnn(C2CN(Cc3nnc(C4CCOC4)o3)C2)c1. The zero-order valence-electron chi connectivity index (χ0n) is 11.5. The van der Waals surface area contributed by atoms with Gasteiger partial charge in [-0.3, -0.25) is 9.58 Å². The van der Waals surface area contributed by atoms with Crippen molar-refractivity contribution in [1.82, 2.24) is 24.9 Å². The molecule has 4 rings (SSSR count). The molecular weight excluding hydrogens is 338 g/mol. The minimum Gasteiger partial charge on any atom is -0.423 e. The molecule has 0 aromatic carbocycles. The molecule has 0 saturated carbocycles.